The molecule has 0 saturated heterocycles. The summed E-state index contributed by atoms with van der Waals surface area (Å²) in [5.41, 5.74) is 5.83. The van der Waals surface area contributed by atoms with Crippen molar-refractivity contribution >= 4 is 23.3 Å². The summed E-state index contributed by atoms with van der Waals surface area (Å²) in [5, 5.41) is 18.8. The molecule has 2 aromatic rings. The van der Waals surface area contributed by atoms with Crippen LogP contribution in [0.25, 0.3) is 5.70 Å². The lowest BCUT2D eigenvalue weighted by molar-refractivity contribution is -0.137. The molecule has 0 aliphatic carbocycles. The molecule has 26 heavy (non-hydrogen) atoms. The number of hydrogen-bond donors (Lipinski definition) is 3. The van der Waals surface area contributed by atoms with E-state index in [0.717, 1.165) is 6.20 Å². The number of ether oxygens (including phenoxy) is 1. The van der Waals surface area contributed by atoms with Gasteiger partial charge in [0.05, 0.1) is 23.6 Å². The highest BCUT2D eigenvalue weighted by molar-refractivity contribution is 6.04. The molecule has 2 rings (SSSR count). The Balaban J connectivity index is 2.53. The fraction of sp³-hybridized carbons (Fsp3) is 0.111. The fourth-order valence-electron chi connectivity index (χ4n) is 2.11. The van der Waals surface area contributed by atoms with Crippen LogP contribution in [0.5, 0.6) is 0 Å². The Morgan fingerprint density at radius 2 is 1.96 bits per heavy atom. The van der Waals surface area contributed by atoms with Gasteiger partial charge in [0.1, 0.15) is 6.07 Å². The molecular weight excluding hydrogens is 336 g/mol. The van der Waals surface area contributed by atoms with E-state index < -0.39 is 11.9 Å². The number of nitrogens with zero attached hydrogens (tertiary/aromatic N) is 2. The van der Waals surface area contributed by atoms with Gasteiger partial charge < -0.3 is 15.3 Å². The lowest BCUT2D eigenvalue weighted by Gasteiger charge is -2.16. The molecule has 0 radical (unpaired) electrons. The number of para-hydroxylation sites is 1. The van der Waals surface area contributed by atoms with Crippen molar-refractivity contribution in [1.29, 1.82) is 5.26 Å². The molecule has 0 bridgehead atoms. The van der Waals surface area contributed by atoms with Crippen LogP contribution in [0.2, 0.25) is 0 Å². The van der Waals surface area contributed by atoms with Gasteiger partial charge >= 0.3 is 11.9 Å². The molecule has 0 fully saturated rings. The first-order chi connectivity index (χ1) is 12.6. The molecule has 1 heterocycles. The number of pyridine rings is 1. The second-order valence-electron chi connectivity index (χ2n) is 4.92. The van der Waals surface area contributed by atoms with Gasteiger partial charge in [0.2, 0.25) is 0 Å². The quantitative estimate of drug-likeness (QED) is 0.300. The number of carbonyl (C=O) groups excluding carboxylic acids is 1. The highest BCUT2D eigenvalue weighted by atomic mass is 16.5. The fourth-order valence-corrected chi connectivity index (χ4v) is 2.11. The highest BCUT2D eigenvalue weighted by Crippen LogP contribution is 2.21. The summed E-state index contributed by atoms with van der Waals surface area (Å²) in [4.78, 5) is 27.4. The lowest BCUT2D eigenvalue weighted by Crippen LogP contribution is -2.25. The topological polar surface area (TPSA) is 124 Å². The average Bonchev–Trinajstić information content (AvgIpc) is 2.66. The Morgan fingerprint density at radius 3 is 2.58 bits per heavy atom. The Morgan fingerprint density at radius 1 is 1.23 bits per heavy atom. The second kappa shape index (κ2) is 8.84. The number of benzene rings is 1. The molecule has 132 valence electrons. The van der Waals surface area contributed by atoms with Crippen LogP contribution in [0.1, 0.15) is 22.8 Å². The summed E-state index contributed by atoms with van der Waals surface area (Å²) in [6.45, 7) is 1.68. The number of nitrogens with one attached hydrogen (secondary N) is 2. The molecule has 0 spiro atoms. The maximum atomic E-state index is 12.1. The number of esters is 1. The maximum absolute atomic E-state index is 12.1. The summed E-state index contributed by atoms with van der Waals surface area (Å²) in [6.07, 6.45) is 2.51. The van der Waals surface area contributed by atoms with E-state index in [2.05, 4.69) is 15.8 Å². The van der Waals surface area contributed by atoms with Crippen molar-refractivity contribution < 1.29 is 19.4 Å². The summed E-state index contributed by atoms with van der Waals surface area (Å²) < 4.78 is 4.90. The van der Waals surface area contributed by atoms with Gasteiger partial charge in [0, 0.05) is 18.0 Å². The van der Waals surface area contributed by atoms with E-state index in [1.807, 2.05) is 6.07 Å². The lowest BCUT2D eigenvalue weighted by atomic mass is 10.0. The van der Waals surface area contributed by atoms with Crippen LogP contribution in [0.3, 0.4) is 0 Å². The van der Waals surface area contributed by atoms with Crippen molar-refractivity contribution in [3.63, 3.8) is 0 Å². The Kier molecular flexibility index (Phi) is 6.28. The number of aromatic carboxylic acids is 1. The van der Waals surface area contributed by atoms with E-state index in [-0.39, 0.29) is 29.0 Å². The third kappa shape index (κ3) is 4.36. The third-order valence-corrected chi connectivity index (χ3v) is 3.27. The van der Waals surface area contributed by atoms with Crippen molar-refractivity contribution in [1.82, 2.24) is 10.4 Å². The molecule has 1 aromatic heterocycles. The maximum Gasteiger partial charge on any atom is 0.351 e. The zero-order chi connectivity index (χ0) is 18.9. The van der Waals surface area contributed by atoms with E-state index in [4.69, 9.17) is 4.74 Å². The van der Waals surface area contributed by atoms with Crippen LogP contribution >= 0.6 is 0 Å². The minimum Gasteiger partial charge on any atom is -0.478 e. The monoisotopic (exact) mass is 352 g/mol. The number of nitriles is 1. The second-order valence-corrected chi connectivity index (χ2v) is 4.92. The third-order valence-electron chi connectivity index (χ3n) is 3.27. The summed E-state index contributed by atoms with van der Waals surface area (Å²) >= 11 is 0. The summed E-state index contributed by atoms with van der Waals surface area (Å²) in [6, 6.07) is 12.1. The van der Waals surface area contributed by atoms with Gasteiger partial charge in [-0.2, -0.15) is 5.26 Å². The van der Waals surface area contributed by atoms with Crippen molar-refractivity contribution in [3.8, 4) is 6.07 Å². The van der Waals surface area contributed by atoms with Crippen molar-refractivity contribution in [2.45, 2.75) is 6.92 Å². The van der Waals surface area contributed by atoms with Gasteiger partial charge in [-0.15, -0.1) is 0 Å². The molecule has 8 nitrogen and oxygen atoms in total. The van der Waals surface area contributed by atoms with E-state index in [0.29, 0.717) is 5.69 Å². The van der Waals surface area contributed by atoms with Crippen LogP contribution in [0.15, 0.2) is 54.4 Å². The first-order valence-electron chi connectivity index (χ1n) is 7.64. The summed E-state index contributed by atoms with van der Waals surface area (Å²) in [7, 11) is 0. The van der Waals surface area contributed by atoms with Crippen molar-refractivity contribution in [2.75, 3.05) is 12.0 Å². The average molecular weight is 352 g/mol. The van der Waals surface area contributed by atoms with Crippen molar-refractivity contribution in [2.24, 2.45) is 0 Å². The molecule has 0 aliphatic heterocycles. The predicted molar refractivity (Wildman–Crippen MR) is 93.6 cm³/mol. The van der Waals surface area contributed by atoms with Gasteiger partial charge in [-0.05, 0) is 25.1 Å². The minimum absolute atomic E-state index is 0.0189. The predicted octanol–water partition coefficient (Wildman–Crippen LogP) is 2.19. The van der Waals surface area contributed by atoms with Gasteiger partial charge in [0.25, 0.3) is 0 Å². The Bertz CT molecular complexity index is 872. The van der Waals surface area contributed by atoms with E-state index in [1.54, 1.807) is 37.3 Å². The van der Waals surface area contributed by atoms with Crippen LogP contribution in [-0.2, 0) is 9.53 Å². The number of hydrogen-bond acceptors (Lipinski definition) is 7. The molecule has 0 unspecified atom stereocenters. The number of anilines is 1. The minimum atomic E-state index is -1.24. The molecule has 0 amide bonds. The van der Waals surface area contributed by atoms with E-state index in [9.17, 15) is 20.0 Å². The zero-order valence-corrected chi connectivity index (χ0v) is 13.9. The van der Waals surface area contributed by atoms with Gasteiger partial charge in [-0.3, -0.25) is 10.4 Å². The number of carbonyl (C=O) groups is 2. The first kappa shape index (κ1) is 18.5. The van der Waals surface area contributed by atoms with Crippen molar-refractivity contribution in [3.05, 3.63) is 65.5 Å². The van der Waals surface area contributed by atoms with Crippen LogP contribution in [-0.4, -0.2) is 28.6 Å². The molecule has 0 atom stereocenters. The van der Waals surface area contributed by atoms with E-state index >= 15 is 0 Å². The van der Waals surface area contributed by atoms with Crippen LogP contribution in [0, 0.1) is 11.3 Å². The first-order valence-corrected chi connectivity index (χ1v) is 7.64. The van der Waals surface area contributed by atoms with Crippen LogP contribution < -0.4 is 10.9 Å². The van der Waals surface area contributed by atoms with Crippen LogP contribution in [0.4, 0.5) is 5.69 Å². The number of carboxylic acid groups (broad SMARTS) is 1. The molecule has 1 aromatic carbocycles. The Hall–Kier alpha value is -3.86. The summed E-state index contributed by atoms with van der Waals surface area (Å²) in [5.74, 6) is -2.10. The molecule has 0 saturated carbocycles. The molecule has 3 N–H and O–H groups in total. The smallest absolute Gasteiger partial charge is 0.351 e. The van der Waals surface area contributed by atoms with Gasteiger partial charge in [-0.25, -0.2) is 9.59 Å². The molecular formula is C18H16N4O4. The van der Waals surface area contributed by atoms with E-state index in [1.165, 1.54) is 12.3 Å². The number of hydrazine groups is 1. The van der Waals surface area contributed by atoms with Gasteiger partial charge in [-0.1, -0.05) is 18.2 Å². The molecule has 8 heteroatoms. The highest BCUT2D eigenvalue weighted by Gasteiger charge is 2.22. The molecule has 0 aliphatic rings. The normalized spacial score (nSPS) is 10.9. The Labute approximate surface area is 149 Å². The largest absolute Gasteiger partial charge is 0.478 e. The van der Waals surface area contributed by atoms with Gasteiger partial charge in [0.15, 0.2) is 5.57 Å². The number of aromatic nitrogens is 1. The number of carboxylic acids is 1. The number of rotatable bonds is 7. The SMILES string of the molecule is CCOC(=O)/C(C#N)=C(\NNc1ccccc1)c1ccncc1C(=O)O. The standard InChI is InChI=1S/C18H16N4O4/c1-2-26-18(25)14(10-19)16(22-21-12-6-4-3-5-7-12)13-8-9-20-11-15(13)17(23)24/h3-9,11,21-22H,2H2,1H3,(H,23,24)/b16-14-. The zero-order valence-electron chi connectivity index (χ0n) is 13.9.